The third-order valence-corrected chi connectivity index (χ3v) is 6.55. The third kappa shape index (κ3) is 5.59. The van der Waals surface area contributed by atoms with E-state index in [2.05, 4.69) is 45.0 Å². The fraction of sp³-hybridized carbons (Fsp3) is 0.577. The molecule has 0 bridgehead atoms. The molecule has 0 radical (unpaired) electrons. The number of unbranched alkanes of at least 4 members (excludes halogenated alkanes) is 1. The minimum atomic E-state index is -0.132. The van der Waals surface area contributed by atoms with Gasteiger partial charge in [-0.2, -0.15) is 0 Å². The summed E-state index contributed by atoms with van der Waals surface area (Å²) in [5.41, 5.74) is 1.47. The highest BCUT2D eigenvalue weighted by molar-refractivity contribution is 5.85. The zero-order valence-electron chi connectivity index (χ0n) is 17.9. The molecule has 1 atom stereocenters. The first-order valence-electron chi connectivity index (χ1n) is 11.3. The summed E-state index contributed by atoms with van der Waals surface area (Å²) >= 11 is 0. The van der Waals surface area contributed by atoms with E-state index in [1.807, 2.05) is 12.1 Å². The van der Waals surface area contributed by atoms with Crippen LogP contribution in [0.5, 0.6) is 5.75 Å². The van der Waals surface area contributed by atoms with Crippen molar-refractivity contribution in [1.29, 1.82) is 0 Å². The third-order valence-electron chi connectivity index (χ3n) is 6.55. The van der Waals surface area contributed by atoms with Crippen LogP contribution in [-0.2, 0) is 4.79 Å². The van der Waals surface area contributed by atoms with Gasteiger partial charge in [-0.15, -0.1) is 0 Å². The van der Waals surface area contributed by atoms with Gasteiger partial charge in [-0.05, 0) is 84.7 Å². The second-order valence-electron chi connectivity index (χ2n) is 8.81. The van der Waals surface area contributed by atoms with Crippen LogP contribution in [0.2, 0.25) is 0 Å². The zero-order valence-corrected chi connectivity index (χ0v) is 17.9. The summed E-state index contributed by atoms with van der Waals surface area (Å²) in [5, 5.41) is 2.39. The van der Waals surface area contributed by atoms with E-state index in [-0.39, 0.29) is 5.97 Å². The second-order valence-corrected chi connectivity index (χ2v) is 8.81. The summed E-state index contributed by atoms with van der Waals surface area (Å²) in [4.78, 5) is 11.9. The van der Waals surface area contributed by atoms with Crippen molar-refractivity contribution in [3.63, 3.8) is 0 Å². The maximum absolute atomic E-state index is 11.9. The van der Waals surface area contributed by atoms with Crippen LogP contribution in [0.4, 0.5) is 0 Å². The van der Waals surface area contributed by atoms with E-state index in [1.165, 1.54) is 49.5 Å². The Morgan fingerprint density at radius 1 is 1.04 bits per heavy atom. The van der Waals surface area contributed by atoms with Gasteiger partial charge in [0.2, 0.25) is 0 Å². The van der Waals surface area contributed by atoms with Crippen LogP contribution in [0, 0.1) is 11.8 Å². The first-order valence-corrected chi connectivity index (χ1v) is 11.3. The van der Waals surface area contributed by atoms with Crippen molar-refractivity contribution in [1.82, 2.24) is 0 Å². The predicted molar refractivity (Wildman–Crippen MR) is 118 cm³/mol. The predicted octanol–water partition coefficient (Wildman–Crippen LogP) is 7.65. The Hall–Kier alpha value is -1.83. The molecule has 28 heavy (non-hydrogen) atoms. The molecule has 3 rings (SSSR count). The minimum Gasteiger partial charge on any atom is -0.427 e. The number of hydrogen-bond donors (Lipinski definition) is 0. The molecule has 2 nitrogen and oxygen atoms in total. The first-order chi connectivity index (χ1) is 13.6. The molecule has 1 saturated carbocycles. The van der Waals surface area contributed by atoms with E-state index in [0.717, 1.165) is 30.1 Å². The van der Waals surface area contributed by atoms with Crippen LogP contribution in [-0.4, -0.2) is 5.97 Å². The standard InChI is InChI=1S/C26H36O2/c1-4-6-7-26(27)28-25-15-14-23-17-22(12-13-24(23)18-25)21-10-8-20(9-11-21)16-19(3)5-2/h12-15,17-21H,4-11,16H2,1-3H3. The highest BCUT2D eigenvalue weighted by Crippen LogP contribution is 2.39. The first kappa shape index (κ1) is 20.9. The molecule has 0 N–H and O–H groups in total. The average molecular weight is 381 g/mol. The van der Waals surface area contributed by atoms with Crippen LogP contribution < -0.4 is 4.74 Å². The van der Waals surface area contributed by atoms with Gasteiger partial charge in [0.1, 0.15) is 5.75 Å². The van der Waals surface area contributed by atoms with Crippen LogP contribution in [0.25, 0.3) is 10.8 Å². The van der Waals surface area contributed by atoms with Crippen LogP contribution in [0.15, 0.2) is 36.4 Å². The lowest BCUT2D eigenvalue weighted by atomic mass is 9.75. The Labute approximate surface area is 170 Å². The Bertz CT molecular complexity index is 771. The minimum absolute atomic E-state index is 0.132. The smallest absolute Gasteiger partial charge is 0.311 e. The van der Waals surface area contributed by atoms with Crippen molar-refractivity contribution in [3.8, 4) is 5.75 Å². The molecule has 1 unspecified atom stereocenters. The number of ether oxygens (including phenoxy) is 1. The van der Waals surface area contributed by atoms with Gasteiger partial charge in [-0.3, -0.25) is 4.79 Å². The van der Waals surface area contributed by atoms with Crippen molar-refractivity contribution in [3.05, 3.63) is 42.0 Å². The molecule has 2 aromatic rings. The Morgan fingerprint density at radius 2 is 1.75 bits per heavy atom. The van der Waals surface area contributed by atoms with E-state index in [4.69, 9.17) is 4.74 Å². The average Bonchev–Trinajstić information content (AvgIpc) is 2.72. The molecule has 1 aliphatic carbocycles. The van der Waals surface area contributed by atoms with Gasteiger partial charge in [0.15, 0.2) is 0 Å². The van der Waals surface area contributed by atoms with Crippen LogP contribution >= 0.6 is 0 Å². The summed E-state index contributed by atoms with van der Waals surface area (Å²) in [6.45, 7) is 6.78. The van der Waals surface area contributed by atoms with Crippen molar-refractivity contribution in [2.45, 2.75) is 84.5 Å². The summed E-state index contributed by atoms with van der Waals surface area (Å²) in [7, 11) is 0. The monoisotopic (exact) mass is 380 g/mol. The molecule has 0 spiro atoms. The fourth-order valence-corrected chi connectivity index (χ4v) is 4.53. The zero-order chi connectivity index (χ0) is 19.9. The normalized spacial score (nSPS) is 20.8. The summed E-state index contributed by atoms with van der Waals surface area (Å²) in [5.74, 6) is 3.02. The van der Waals surface area contributed by atoms with Gasteiger partial charge in [-0.1, -0.05) is 57.9 Å². The second kappa shape index (κ2) is 10.1. The van der Waals surface area contributed by atoms with Gasteiger partial charge in [0, 0.05) is 6.42 Å². The molecule has 0 aliphatic heterocycles. The highest BCUT2D eigenvalue weighted by Gasteiger charge is 2.23. The number of rotatable bonds is 8. The highest BCUT2D eigenvalue weighted by atomic mass is 16.5. The van der Waals surface area contributed by atoms with E-state index >= 15 is 0 Å². The van der Waals surface area contributed by atoms with E-state index in [9.17, 15) is 4.79 Å². The van der Waals surface area contributed by atoms with Crippen molar-refractivity contribution in [2.75, 3.05) is 0 Å². The van der Waals surface area contributed by atoms with Gasteiger partial charge in [0.05, 0.1) is 0 Å². The maximum Gasteiger partial charge on any atom is 0.311 e. The van der Waals surface area contributed by atoms with E-state index in [1.54, 1.807) is 0 Å². The Balaban J connectivity index is 1.62. The van der Waals surface area contributed by atoms with Crippen molar-refractivity contribution >= 4 is 16.7 Å². The SMILES string of the molecule is CCCCC(=O)Oc1ccc2cc(C3CCC(CC(C)CC)CC3)ccc2c1. The largest absolute Gasteiger partial charge is 0.427 e. The van der Waals surface area contributed by atoms with E-state index < -0.39 is 0 Å². The topological polar surface area (TPSA) is 26.3 Å². The molecule has 1 fully saturated rings. The molecular formula is C26H36O2. The lowest BCUT2D eigenvalue weighted by molar-refractivity contribution is -0.134. The lowest BCUT2D eigenvalue weighted by Gasteiger charge is -2.30. The number of carbonyl (C=O) groups is 1. The molecule has 2 heteroatoms. The molecule has 0 amide bonds. The van der Waals surface area contributed by atoms with Crippen LogP contribution in [0.3, 0.4) is 0 Å². The fourth-order valence-electron chi connectivity index (χ4n) is 4.53. The number of fused-ring (bicyclic) bond motifs is 1. The van der Waals surface area contributed by atoms with Gasteiger partial charge in [0.25, 0.3) is 0 Å². The molecule has 0 heterocycles. The summed E-state index contributed by atoms with van der Waals surface area (Å²) in [6.07, 6.45) is 10.5. The van der Waals surface area contributed by atoms with E-state index in [0.29, 0.717) is 18.1 Å². The van der Waals surface area contributed by atoms with Crippen molar-refractivity contribution in [2.24, 2.45) is 11.8 Å². The summed E-state index contributed by atoms with van der Waals surface area (Å²) < 4.78 is 5.48. The Morgan fingerprint density at radius 3 is 2.46 bits per heavy atom. The quantitative estimate of drug-likeness (QED) is 0.347. The number of benzene rings is 2. The summed E-state index contributed by atoms with van der Waals surface area (Å²) in [6, 6.07) is 12.8. The molecule has 2 aromatic carbocycles. The number of hydrogen-bond acceptors (Lipinski definition) is 2. The van der Waals surface area contributed by atoms with Gasteiger partial charge < -0.3 is 4.74 Å². The molecule has 1 aliphatic rings. The van der Waals surface area contributed by atoms with Gasteiger partial charge >= 0.3 is 5.97 Å². The van der Waals surface area contributed by atoms with Crippen molar-refractivity contribution < 1.29 is 9.53 Å². The molecule has 0 saturated heterocycles. The number of esters is 1. The molecular weight excluding hydrogens is 344 g/mol. The maximum atomic E-state index is 11.9. The Kier molecular flexibility index (Phi) is 7.53. The lowest BCUT2D eigenvalue weighted by Crippen LogP contribution is -2.15. The van der Waals surface area contributed by atoms with Crippen LogP contribution in [0.1, 0.15) is 90.0 Å². The molecule has 0 aromatic heterocycles. The number of carbonyl (C=O) groups excluding carboxylic acids is 1. The molecule has 152 valence electrons. The van der Waals surface area contributed by atoms with Gasteiger partial charge in [-0.25, -0.2) is 0 Å².